The third-order valence-electron chi connectivity index (χ3n) is 2.91. The number of aliphatic hydroxyl groups is 6. The van der Waals surface area contributed by atoms with E-state index in [2.05, 4.69) is 11.3 Å². The molecule has 0 aromatic rings. The lowest BCUT2D eigenvalue weighted by molar-refractivity contribution is -0.291. The maximum atomic E-state index is 11.5. The van der Waals surface area contributed by atoms with Crippen LogP contribution >= 0.6 is 0 Å². The lowest BCUT2D eigenvalue weighted by Gasteiger charge is -2.39. The SMILES string of the molecule is C=C(C(=O)O[C@@H]1O[C@H](CO)[C@@H](O)[C@H](O)[C@H]1O)[C@H](O)CO. The van der Waals surface area contributed by atoms with Crippen molar-refractivity contribution in [3.05, 3.63) is 12.2 Å². The zero-order valence-corrected chi connectivity index (χ0v) is 10.5. The number of hydrogen-bond donors (Lipinski definition) is 6. The van der Waals surface area contributed by atoms with Crippen LogP contribution in [0.3, 0.4) is 0 Å². The van der Waals surface area contributed by atoms with E-state index >= 15 is 0 Å². The Balaban J connectivity index is 2.71. The first-order chi connectivity index (χ1) is 9.33. The highest BCUT2D eigenvalue weighted by Crippen LogP contribution is 2.22. The van der Waals surface area contributed by atoms with Crippen LogP contribution in [-0.2, 0) is 14.3 Å². The standard InChI is InChI=1S/C11H18O9/c1-4(5(14)2-12)10(18)20-11-9(17)8(16)7(15)6(3-13)19-11/h5-9,11-17H,1-3H2/t5-,6-,7-,8+,9-,11+/m1/s1. The Morgan fingerprint density at radius 2 is 1.80 bits per heavy atom. The predicted molar refractivity (Wildman–Crippen MR) is 62.1 cm³/mol. The highest BCUT2D eigenvalue weighted by atomic mass is 16.7. The number of esters is 1. The van der Waals surface area contributed by atoms with E-state index < -0.39 is 61.6 Å². The minimum absolute atomic E-state index is 0.468. The van der Waals surface area contributed by atoms with Crippen LogP contribution in [0.4, 0.5) is 0 Å². The predicted octanol–water partition coefficient (Wildman–Crippen LogP) is -3.76. The molecule has 116 valence electrons. The third kappa shape index (κ3) is 3.52. The van der Waals surface area contributed by atoms with Crippen LogP contribution in [0.15, 0.2) is 12.2 Å². The van der Waals surface area contributed by atoms with Gasteiger partial charge in [-0.1, -0.05) is 6.58 Å². The van der Waals surface area contributed by atoms with Crippen LogP contribution in [0.1, 0.15) is 0 Å². The zero-order valence-electron chi connectivity index (χ0n) is 10.5. The first-order valence-corrected chi connectivity index (χ1v) is 5.82. The molecule has 0 radical (unpaired) electrons. The molecule has 1 fully saturated rings. The van der Waals surface area contributed by atoms with Gasteiger partial charge in [-0.3, -0.25) is 0 Å². The van der Waals surface area contributed by atoms with Gasteiger partial charge in [-0.2, -0.15) is 0 Å². The van der Waals surface area contributed by atoms with E-state index in [1.807, 2.05) is 0 Å². The maximum Gasteiger partial charge on any atom is 0.338 e. The Bertz CT molecular complexity index is 356. The van der Waals surface area contributed by atoms with Gasteiger partial charge < -0.3 is 40.1 Å². The normalized spacial score (nSPS) is 35.4. The van der Waals surface area contributed by atoms with Crippen LogP contribution < -0.4 is 0 Å². The summed E-state index contributed by atoms with van der Waals surface area (Å²) in [6.45, 7) is 1.79. The Hall–Kier alpha value is -1.07. The smallest absolute Gasteiger partial charge is 0.338 e. The summed E-state index contributed by atoms with van der Waals surface area (Å²) in [6, 6.07) is 0. The lowest BCUT2D eigenvalue weighted by atomic mass is 9.99. The van der Waals surface area contributed by atoms with E-state index in [9.17, 15) is 25.2 Å². The summed E-state index contributed by atoms with van der Waals surface area (Å²) in [5.74, 6) is -1.16. The van der Waals surface area contributed by atoms with E-state index in [1.165, 1.54) is 0 Å². The average Bonchev–Trinajstić information content (AvgIpc) is 2.45. The molecule has 20 heavy (non-hydrogen) atoms. The first kappa shape index (κ1) is 17.0. The largest absolute Gasteiger partial charge is 0.429 e. The van der Waals surface area contributed by atoms with Gasteiger partial charge in [0.2, 0.25) is 6.29 Å². The van der Waals surface area contributed by atoms with Gasteiger partial charge in [0.1, 0.15) is 30.5 Å². The van der Waals surface area contributed by atoms with Crippen LogP contribution in [0.25, 0.3) is 0 Å². The fourth-order valence-corrected chi connectivity index (χ4v) is 1.59. The molecule has 0 bridgehead atoms. The van der Waals surface area contributed by atoms with E-state index in [0.29, 0.717) is 0 Å². The first-order valence-electron chi connectivity index (χ1n) is 5.82. The fourth-order valence-electron chi connectivity index (χ4n) is 1.59. The molecule has 6 N–H and O–H groups in total. The van der Waals surface area contributed by atoms with Gasteiger partial charge in [-0.05, 0) is 0 Å². The van der Waals surface area contributed by atoms with Crippen molar-refractivity contribution in [3.63, 3.8) is 0 Å². The van der Waals surface area contributed by atoms with Crippen LogP contribution in [-0.4, -0.2) is 86.6 Å². The summed E-state index contributed by atoms with van der Waals surface area (Å²) in [5.41, 5.74) is -0.468. The van der Waals surface area contributed by atoms with Gasteiger partial charge in [-0.25, -0.2) is 4.79 Å². The van der Waals surface area contributed by atoms with Crippen LogP contribution in [0.2, 0.25) is 0 Å². The van der Waals surface area contributed by atoms with Crippen molar-refractivity contribution in [2.45, 2.75) is 36.8 Å². The van der Waals surface area contributed by atoms with E-state index in [1.54, 1.807) is 0 Å². The molecule has 1 saturated heterocycles. The molecule has 0 amide bonds. The zero-order chi connectivity index (χ0) is 15.4. The lowest BCUT2D eigenvalue weighted by Crippen LogP contribution is -2.59. The number of carbonyl (C=O) groups is 1. The molecule has 1 rings (SSSR count). The monoisotopic (exact) mass is 294 g/mol. The molecule has 0 aromatic heterocycles. The van der Waals surface area contributed by atoms with Gasteiger partial charge in [0, 0.05) is 0 Å². The van der Waals surface area contributed by atoms with Gasteiger partial charge in [-0.15, -0.1) is 0 Å². The molecule has 1 aliphatic heterocycles. The highest BCUT2D eigenvalue weighted by molar-refractivity contribution is 5.88. The molecule has 0 aromatic carbocycles. The molecule has 0 saturated carbocycles. The van der Waals surface area contributed by atoms with Gasteiger partial charge >= 0.3 is 5.97 Å². The molecule has 0 spiro atoms. The van der Waals surface area contributed by atoms with Crippen molar-refractivity contribution in [2.24, 2.45) is 0 Å². The maximum absolute atomic E-state index is 11.5. The second-order valence-electron chi connectivity index (χ2n) is 4.33. The van der Waals surface area contributed by atoms with Crippen molar-refractivity contribution in [3.8, 4) is 0 Å². The number of carbonyl (C=O) groups excluding carboxylic acids is 1. The molecule has 0 unspecified atom stereocenters. The summed E-state index contributed by atoms with van der Waals surface area (Å²) in [6.07, 6.45) is -9.41. The highest BCUT2D eigenvalue weighted by Gasteiger charge is 2.45. The van der Waals surface area contributed by atoms with E-state index in [4.69, 9.17) is 14.9 Å². The van der Waals surface area contributed by atoms with E-state index in [-0.39, 0.29) is 0 Å². The fraction of sp³-hybridized carbons (Fsp3) is 0.727. The van der Waals surface area contributed by atoms with E-state index in [0.717, 1.165) is 0 Å². The molecule has 6 atom stereocenters. The minimum Gasteiger partial charge on any atom is -0.429 e. The average molecular weight is 294 g/mol. The molecule has 1 aliphatic rings. The molecular formula is C11H18O9. The Morgan fingerprint density at radius 3 is 2.30 bits per heavy atom. The number of rotatable bonds is 5. The van der Waals surface area contributed by atoms with Gasteiger partial charge in [0.15, 0.2) is 0 Å². The number of ether oxygens (including phenoxy) is 2. The molecule has 9 heteroatoms. The molecule has 9 nitrogen and oxygen atoms in total. The summed E-state index contributed by atoms with van der Waals surface area (Å²) < 4.78 is 9.60. The van der Waals surface area contributed by atoms with Crippen molar-refractivity contribution in [1.82, 2.24) is 0 Å². The number of hydrogen-bond acceptors (Lipinski definition) is 9. The Morgan fingerprint density at radius 1 is 1.20 bits per heavy atom. The molecule has 1 heterocycles. The second kappa shape index (κ2) is 7.09. The van der Waals surface area contributed by atoms with Crippen molar-refractivity contribution in [2.75, 3.05) is 13.2 Å². The van der Waals surface area contributed by atoms with Gasteiger partial charge in [0.05, 0.1) is 18.8 Å². The van der Waals surface area contributed by atoms with Crippen molar-refractivity contribution < 1.29 is 44.9 Å². The Labute approximate surface area is 114 Å². The third-order valence-corrected chi connectivity index (χ3v) is 2.91. The summed E-state index contributed by atoms with van der Waals surface area (Å²) in [7, 11) is 0. The van der Waals surface area contributed by atoms with Crippen LogP contribution in [0.5, 0.6) is 0 Å². The minimum atomic E-state index is -1.74. The van der Waals surface area contributed by atoms with Crippen molar-refractivity contribution in [1.29, 1.82) is 0 Å². The summed E-state index contributed by atoms with van der Waals surface area (Å²) in [5, 5.41) is 55.4. The summed E-state index contributed by atoms with van der Waals surface area (Å²) >= 11 is 0. The topological polar surface area (TPSA) is 157 Å². The van der Waals surface area contributed by atoms with Crippen LogP contribution in [0, 0.1) is 0 Å². The number of aliphatic hydroxyl groups excluding tert-OH is 6. The quantitative estimate of drug-likeness (QED) is 0.221. The van der Waals surface area contributed by atoms with Gasteiger partial charge in [0.25, 0.3) is 0 Å². The molecule has 0 aliphatic carbocycles. The Kier molecular flexibility index (Phi) is 6.02. The summed E-state index contributed by atoms with van der Waals surface area (Å²) in [4.78, 5) is 11.5. The van der Waals surface area contributed by atoms with Crippen molar-refractivity contribution >= 4 is 5.97 Å². The molecular weight excluding hydrogens is 276 g/mol. The second-order valence-corrected chi connectivity index (χ2v) is 4.33.